The van der Waals surface area contributed by atoms with Crippen LogP contribution in [0.5, 0.6) is 0 Å². The number of nitrogens with zero attached hydrogens (tertiary/aromatic N) is 4. The minimum absolute atomic E-state index is 0.571. The second kappa shape index (κ2) is 13.7. The highest BCUT2D eigenvalue weighted by atomic mass is 16.3. The molecular weight excluding hydrogens is 685 g/mol. The molecule has 10 aromatic rings. The topological polar surface area (TPSA) is 64.2 Å². The fourth-order valence-corrected chi connectivity index (χ4v) is 7.70. The van der Waals surface area contributed by atoms with E-state index in [4.69, 9.17) is 30.9 Å². The molecule has 0 amide bonds. The molecule has 10 rings (SSSR count). The summed E-state index contributed by atoms with van der Waals surface area (Å²) in [7, 11) is 0. The monoisotopic (exact) mass is 718 g/mol. The Bertz CT molecular complexity index is 3110. The van der Waals surface area contributed by atoms with E-state index in [-0.39, 0.29) is 0 Å². The zero-order valence-corrected chi connectivity index (χ0v) is 30.6. The summed E-state index contributed by atoms with van der Waals surface area (Å²) in [6, 6.07) is 59.8. The first kappa shape index (κ1) is 33.1. The van der Waals surface area contributed by atoms with Crippen molar-refractivity contribution in [3.63, 3.8) is 0 Å². The van der Waals surface area contributed by atoms with Gasteiger partial charge in [0.05, 0.1) is 11.4 Å². The van der Waals surface area contributed by atoms with E-state index in [0.29, 0.717) is 17.5 Å². The van der Waals surface area contributed by atoms with Gasteiger partial charge in [0.25, 0.3) is 0 Å². The van der Waals surface area contributed by atoms with Crippen molar-refractivity contribution in [2.75, 3.05) is 0 Å². The van der Waals surface area contributed by atoms with Gasteiger partial charge in [0.2, 0.25) is 0 Å². The van der Waals surface area contributed by atoms with Crippen molar-refractivity contribution in [2.45, 2.75) is 6.92 Å². The van der Waals surface area contributed by atoms with Gasteiger partial charge in [-0.25, -0.2) is 19.9 Å². The lowest BCUT2D eigenvalue weighted by Crippen LogP contribution is -2.05. The fourth-order valence-electron chi connectivity index (χ4n) is 7.70. The SMILES string of the molecule is C=C(C(=Nc1c(C)c2ccccc2c2ccccc12)c1cccc2c1oc1ccccc12)c1cccc(-c2nc(-c3ccccc3)nc(-c3ccccc3)n2)c1. The van der Waals surface area contributed by atoms with E-state index < -0.39 is 0 Å². The van der Waals surface area contributed by atoms with Crippen molar-refractivity contribution < 1.29 is 4.42 Å². The number of benzene rings is 8. The average molecular weight is 719 g/mol. The molecule has 0 atom stereocenters. The van der Waals surface area contributed by atoms with Crippen molar-refractivity contribution >= 4 is 60.5 Å². The first-order valence-electron chi connectivity index (χ1n) is 18.7. The highest BCUT2D eigenvalue weighted by Gasteiger charge is 2.21. The van der Waals surface area contributed by atoms with Gasteiger partial charge in [-0.05, 0) is 52.4 Å². The number of hydrogen-bond acceptors (Lipinski definition) is 5. The largest absolute Gasteiger partial charge is 0.455 e. The Balaban J connectivity index is 1.19. The van der Waals surface area contributed by atoms with E-state index in [2.05, 4.69) is 91.9 Å². The second-order valence-corrected chi connectivity index (χ2v) is 13.9. The zero-order valence-electron chi connectivity index (χ0n) is 30.6. The maximum Gasteiger partial charge on any atom is 0.164 e. The second-order valence-electron chi connectivity index (χ2n) is 13.9. The standard InChI is InChI=1S/C51H34N4O/c1-32(36-21-15-22-37(31-36)51-54-49(34-17-5-3-6-18-34)53-50(55-51)35-19-7-4-8-20-35)46(44-29-16-28-43-41-26-13-14-30-45(41)56-48(43)44)52-47-33(2)38-23-9-10-24-39(38)40-25-11-12-27-42(40)47/h3-31H,1H2,2H3. The molecule has 0 aliphatic heterocycles. The van der Waals surface area contributed by atoms with Crippen LogP contribution in [0.3, 0.4) is 0 Å². The van der Waals surface area contributed by atoms with E-state index in [1.54, 1.807) is 0 Å². The molecular formula is C51H34N4O. The molecule has 2 heterocycles. The Labute approximate surface area is 324 Å². The summed E-state index contributed by atoms with van der Waals surface area (Å²) >= 11 is 0. The van der Waals surface area contributed by atoms with Gasteiger partial charge in [0.1, 0.15) is 11.2 Å². The van der Waals surface area contributed by atoms with Crippen LogP contribution in [0.1, 0.15) is 16.7 Å². The van der Waals surface area contributed by atoms with Gasteiger partial charge in [-0.3, -0.25) is 0 Å². The molecule has 0 unspecified atom stereocenters. The lowest BCUT2D eigenvalue weighted by Gasteiger charge is -2.16. The van der Waals surface area contributed by atoms with E-state index in [9.17, 15) is 0 Å². The van der Waals surface area contributed by atoms with Crippen molar-refractivity contribution in [1.82, 2.24) is 15.0 Å². The number of aromatic nitrogens is 3. The maximum atomic E-state index is 6.63. The van der Waals surface area contributed by atoms with Gasteiger partial charge in [-0.1, -0.05) is 164 Å². The van der Waals surface area contributed by atoms with Crippen LogP contribution in [0.15, 0.2) is 192 Å². The molecule has 0 aliphatic rings. The normalized spacial score (nSPS) is 11.8. The molecule has 264 valence electrons. The van der Waals surface area contributed by atoms with Gasteiger partial charge < -0.3 is 4.42 Å². The molecule has 0 spiro atoms. The third kappa shape index (κ3) is 5.74. The summed E-state index contributed by atoms with van der Waals surface area (Å²) in [4.78, 5) is 20.6. The molecule has 0 saturated heterocycles. The van der Waals surface area contributed by atoms with Crippen LogP contribution in [0.2, 0.25) is 0 Å². The lowest BCUT2D eigenvalue weighted by molar-refractivity contribution is 0.668. The van der Waals surface area contributed by atoms with E-state index >= 15 is 0 Å². The highest BCUT2D eigenvalue weighted by molar-refractivity contribution is 6.36. The number of rotatable bonds is 7. The Morgan fingerprint density at radius 1 is 0.482 bits per heavy atom. The van der Waals surface area contributed by atoms with Crippen LogP contribution in [0.25, 0.3) is 83.2 Å². The van der Waals surface area contributed by atoms with Crippen LogP contribution in [0, 0.1) is 6.92 Å². The number of aryl methyl sites for hydroxylation is 1. The molecule has 0 bridgehead atoms. The molecule has 0 N–H and O–H groups in total. The third-order valence-electron chi connectivity index (χ3n) is 10.5. The molecule has 56 heavy (non-hydrogen) atoms. The van der Waals surface area contributed by atoms with E-state index in [0.717, 1.165) is 88.5 Å². The van der Waals surface area contributed by atoms with E-state index in [1.807, 2.05) is 91.0 Å². The molecule has 5 nitrogen and oxygen atoms in total. The number of aliphatic imine (C=N–C) groups is 1. The Morgan fingerprint density at radius 3 is 1.66 bits per heavy atom. The molecule has 0 saturated carbocycles. The smallest absolute Gasteiger partial charge is 0.164 e. The van der Waals surface area contributed by atoms with Crippen molar-refractivity contribution in [1.29, 1.82) is 0 Å². The first-order valence-corrected chi connectivity index (χ1v) is 18.7. The van der Waals surface area contributed by atoms with Crippen LogP contribution in [-0.2, 0) is 0 Å². The van der Waals surface area contributed by atoms with Gasteiger partial charge in [0, 0.05) is 44.0 Å². The lowest BCUT2D eigenvalue weighted by atomic mass is 9.93. The minimum Gasteiger partial charge on any atom is -0.455 e. The van der Waals surface area contributed by atoms with Gasteiger partial charge >= 0.3 is 0 Å². The molecule has 2 aromatic heterocycles. The average Bonchev–Trinajstić information content (AvgIpc) is 3.66. The summed E-state index contributed by atoms with van der Waals surface area (Å²) in [5.74, 6) is 1.79. The molecule has 5 heteroatoms. The number of fused-ring (bicyclic) bond motifs is 6. The van der Waals surface area contributed by atoms with Gasteiger partial charge in [-0.2, -0.15) is 0 Å². The third-order valence-corrected chi connectivity index (χ3v) is 10.5. The van der Waals surface area contributed by atoms with Gasteiger partial charge in [-0.15, -0.1) is 0 Å². The minimum atomic E-state index is 0.571. The first-order chi connectivity index (χ1) is 27.6. The number of allylic oxidation sites excluding steroid dienone is 1. The summed E-state index contributed by atoms with van der Waals surface area (Å²) in [6.07, 6.45) is 0. The molecule has 0 aliphatic carbocycles. The van der Waals surface area contributed by atoms with Crippen molar-refractivity contribution in [3.05, 3.63) is 199 Å². The fraction of sp³-hybridized carbons (Fsp3) is 0.0196. The zero-order chi connectivity index (χ0) is 37.6. The number of furan rings is 1. The Morgan fingerprint density at radius 2 is 0.982 bits per heavy atom. The number of para-hydroxylation sites is 2. The quantitative estimate of drug-likeness (QED) is 0.122. The van der Waals surface area contributed by atoms with Gasteiger partial charge in [0.15, 0.2) is 17.5 Å². The predicted molar refractivity (Wildman–Crippen MR) is 231 cm³/mol. The summed E-state index contributed by atoms with van der Waals surface area (Å²) in [6.45, 7) is 6.93. The van der Waals surface area contributed by atoms with Crippen molar-refractivity contribution in [2.24, 2.45) is 4.99 Å². The van der Waals surface area contributed by atoms with Crippen LogP contribution in [0.4, 0.5) is 5.69 Å². The van der Waals surface area contributed by atoms with Crippen molar-refractivity contribution in [3.8, 4) is 34.2 Å². The Kier molecular flexibility index (Phi) is 8.11. The van der Waals surface area contributed by atoms with E-state index in [1.165, 1.54) is 5.39 Å². The highest BCUT2D eigenvalue weighted by Crippen LogP contribution is 2.40. The Hall–Kier alpha value is -7.50. The maximum absolute atomic E-state index is 6.63. The summed E-state index contributed by atoms with van der Waals surface area (Å²) in [5.41, 5.74) is 9.49. The summed E-state index contributed by atoms with van der Waals surface area (Å²) < 4.78 is 6.63. The van der Waals surface area contributed by atoms with Crippen LogP contribution in [-0.4, -0.2) is 20.7 Å². The van der Waals surface area contributed by atoms with Crippen LogP contribution >= 0.6 is 0 Å². The predicted octanol–water partition coefficient (Wildman–Crippen LogP) is 13.2. The summed E-state index contributed by atoms with van der Waals surface area (Å²) in [5, 5.41) is 6.68. The molecule has 0 radical (unpaired) electrons. The number of hydrogen-bond donors (Lipinski definition) is 0. The molecule has 0 fully saturated rings. The van der Waals surface area contributed by atoms with Crippen LogP contribution < -0.4 is 0 Å². The molecule has 8 aromatic carbocycles.